The number of nitrogens with one attached hydrogen (secondary N) is 2. The van der Waals surface area contributed by atoms with Crippen molar-refractivity contribution in [3.05, 3.63) is 42.0 Å². The minimum atomic E-state index is 0.00520. The van der Waals surface area contributed by atoms with E-state index in [0.29, 0.717) is 22.9 Å². The molecule has 0 radical (unpaired) electrons. The summed E-state index contributed by atoms with van der Waals surface area (Å²) in [5.41, 5.74) is 1.35. The summed E-state index contributed by atoms with van der Waals surface area (Å²) in [6.07, 6.45) is 8.24. The number of thiocarbonyl (C=S) groups is 1. The van der Waals surface area contributed by atoms with Crippen molar-refractivity contribution in [3.8, 4) is 0 Å². The van der Waals surface area contributed by atoms with E-state index in [2.05, 4.69) is 70.7 Å². The Kier molecular flexibility index (Phi) is 9.00. The van der Waals surface area contributed by atoms with Crippen LogP contribution < -0.4 is 20.4 Å². The standard InChI is InChI=1S/C30H44N6OS/c1-23-18-24(2)21-36(20-23)27-19-26(35-14-8-3-4-9-15-35)32-28(33-27)34-29(38)31-22-30(12-16-37-17-13-30)25-10-6-5-7-11-25/h5-7,10-11,19,23-24H,3-4,8-9,12-18,20-22H2,1-2H3,(H2,31,32,33,34,38)/t23-,24+. The fourth-order valence-electron chi connectivity index (χ4n) is 6.47. The van der Waals surface area contributed by atoms with Crippen molar-refractivity contribution in [2.75, 3.05) is 61.1 Å². The Bertz CT molecular complexity index is 1040. The van der Waals surface area contributed by atoms with E-state index in [0.717, 1.165) is 70.4 Å². The molecule has 0 saturated carbocycles. The summed E-state index contributed by atoms with van der Waals surface area (Å²) in [6, 6.07) is 13.0. The summed E-state index contributed by atoms with van der Waals surface area (Å²) in [6.45, 7) is 11.1. The Morgan fingerprint density at radius 1 is 0.947 bits per heavy atom. The van der Waals surface area contributed by atoms with E-state index in [1.807, 2.05) is 0 Å². The van der Waals surface area contributed by atoms with Crippen LogP contribution in [0.5, 0.6) is 0 Å². The van der Waals surface area contributed by atoms with Crippen LogP contribution in [-0.4, -0.2) is 61.0 Å². The van der Waals surface area contributed by atoms with Gasteiger partial charge in [-0.05, 0) is 61.7 Å². The first-order valence-corrected chi connectivity index (χ1v) is 15.0. The van der Waals surface area contributed by atoms with Crippen LogP contribution in [0.25, 0.3) is 0 Å². The molecule has 3 saturated heterocycles. The highest BCUT2D eigenvalue weighted by atomic mass is 32.1. The zero-order valence-electron chi connectivity index (χ0n) is 23.1. The average Bonchev–Trinajstić information content (AvgIpc) is 3.22. The van der Waals surface area contributed by atoms with E-state index in [9.17, 15) is 0 Å². The quantitative estimate of drug-likeness (QED) is 0.478. The Morgan fingerprint density at radius 2 is 1.58 bits per heavy atom. The highest BCUT2D eigenvalue weighted by Crippen LogP contribution is 2.34. The van der Waals surface area contributed by atoms with Gasteiger partial charge < -0.3 is 25.2 Å². The Morgan fingerprint density at radius 3 is 2.24 bits per heavy atom. The SMILES string of the molecule is C[C@@H]1C[C@H](C)CN(c2cc(N3CCCCCC3)nc(NC(=S)NCC3(c4ccccc4)CCOCC3)n2)C1. The molecule has 0 aliphatic carbocycles. The number of aromatic nitrogens is 2. The fraction of sp³-hybridized carbons (Fsp3) is 0.633. The number of piperidine rings is 1. The number of hydrogen-bond acceptors (Lipinski definition) is 6. The van der Waals surface area contributed by atoms with Crippen molar-refractivity contribution in [2.45, 2.75) is 64.2 Å². The third kappa shape index (κ3) is 6.75. The fourth-order valence-corrected chi connectivity index (χ4v) is 6.63. The number of ether oxygens (including phenoxy) is 1. The monoisotopic (exact) mass is 536 g/mol. The third-order valence-electron chi connectivity index (χ3n) is 8.47. The summed E-state index contributed by atoms with van der Waals surface area (Å²) >= 11 is 5.80. The van der Waals surface area contributed by atoms with Gasteiger partial charge in [-0.15, -0.1) is 0 Å². The van der Waals surface area contributed by atoms with Crippen LogP contribution in [0.2, 0.25) is 0 Å². The van der Waals surface area contributed by atoms with Crippen molar-refractivity contribution in [1.82, 2.24) is 15.3 Å². The topological polar surface area (TPSA) is 65.5 Å². The lowest BCUT2D eigenvalue weighted by Crippen LogP contribution is -2.45. The van der Waals surface area contributed by atoms with Crippen LogP contribution in [0, 0.1) is 11.8 Å². The predicted octanol–water partition coefficient (Wildman–Crippen LogP) is 5.37. The summed E-state index contributed by atoms with van der Waals surface area (Å²) in [5, 5.41) is 7.46. The number of rotatable bonds is 6. The van der Waals surface area contributed by atoms with Gasteiger partial charge in [0.15, 0.2) is 5.11 Å². The first kappa shape index (κ1) is 27.1. The van der Waals surface area contributed by atoms with E-state index in [-0.39, 0.29) is 5.41 Å². The second-order valence-electron chi connectivity index (χ2n) is 11.7. The molecule has 0 amide bonds. The third-order valence-corrected chi connectivity index (χ3v) is 8.72. The average molecular weight is 537 g/mol. The Labute approximate surface area is 233 Å². The van der Waals surface area contributed by atoms with E-state index in [1.54, 1.807) is 0 Å². The Balaban J connectivity index is 1.34. The van der Waals surface area contributed by atoms with Gasteiger partial charge in [0.05, 0.1) is 0 Å². The number of nitrogens with zero attached hydrogens (tertiary/aromatic N) is 4. The van der Waals surface area contributed by atoms with Gasteiger partial charge in [0.1, 0.15) is 11.6 Å². The van der Waals surface area contributed by atoms with Crippen LogP contribution >= 0.6 is 12.2 Å². The van der Waals surface area contributed by atoms with Crippen molar-refractivity contribution in [2.24, 2.45) is 11.8 Å². The maximum Gasteiger partial charge on any atom is 0.232 e. The van der Waals surface area contributed by atoms with Gasteiger partial charge in [-0.25, -0.2) is 0 Å². The molecule has 206 valence electrons. The van der Waals surface area contributed by atoms with Crippen molar-refractivity contribution < 1.29 is 4.74 Å². The molecule has 1 aromatic heterocycles. The Hall–Kier alpha value is -2.45. The smallest absolute Gasteiger partial charge is 0.232 e. The molecule has 4 heterocycles. The molecule has 8 heteroatoms. The zero-order chi connectivity index (χ0) is 26.4. The van der Waals surface area contributed by atoms with Crippen molar-refractivity contribution in [3.63, 3.8) is 0 Å². The summed E-state index contributed by atoms with van der Waals surface area (Å²) in [5.74, 6) is 3.92. The molecule has 2 N–H and O–H groups in total. The second kappa shape index (κ2) is 12.6. The van der Waals surface area contributed by atoms with Gasteiger partial charge >= 0.3 is 0 Å². The molecule has 2 aromatic rings. The molecule has 0 spiro atoms. The highest BCUT2D eigenvalue weighted by molar-refractivity contribution is 7.80. The number of anilines is 3. The van der Waals surface area contributed by atoms with E-state index < -0.39 is 0 Å². The minimum absolute atomic E-state index is 0.00520. The maximum absolute atomic E-state index is 5.80. The summed E-state index contributed by atoms with van der Waals surface area (Å²) in [4.78, 5) is 14.8. The molecular weight excluding hydrogens is 492 g/mol. The first-order chi connectivity index (χ1) is 18.5. The van der Waals surface area contributed by atoms with Gasteiger partial charge in [-0.1, -0.05) is 57.0 Å². The lowest BCUT2D eigenvalue weighted by atomic mass is 9.74. The first-order valence-electron chi connectivity index (χ1n) is 14.6. The molecule has 1 aromatic carbocycles. The number of benzene rings is 1. The van der Waals surface area contributed by atoms with Crippen LogP contribution in [0.15, 0.2) is 36.4 Å². The molecule has 2 atom stereocenters. The zero-order valence-corrected chi connectivity index (χ0v) is 23.9. The normalized spacial score (nSPS) is 23.9. The van der Waals surface area contributed by atoms with Crippen LogP contribution in [-0.2, 0) is 10.2 Å². The largest absolute Gasteiger partial charge is 0.381 e. The molecule has 5 rings (SSSR count). The van der Waals surface area contributed by atoms with Crippen LogP contribution in [0.1, 0.15) is 64.4 Å². The molecule has 3 aliphatic heterocycles. The molecule has 3 aliphatic rings. The van der Waals surface area contributed by atoms with E-state index in [1.165, 1.54) is 37.7 Å². The predicted molar refractivity (Wildman–Crippen MR) is 160 cm³/mol. The molecule has 7 nitrogen and oxygen atoms in total. The van der Waals surface area contributed by atoms with Gasteiger partial charge in [-0.3, -0.25) is 0 Å². The lowest BCUT2D eigenvalue weighted by molar-refractivity contribution is 0.0515. The summed E-state index contributed by atoms with van der Waals surface area (Å²) in [7, 11) is 0. The van der Waals surface area contributed by atoms with E-state index >= 15 is 0 Å². The van der Waals surface area contributed by atoms with Gasteiger partial charge in [0, 0.05) is 57.4 Å². The molecule has 38 heavy (non-hydrogen) atoms. The molecular formula is C30H44N6OS. The lowest BCUT2D eigenvalue weighted by Gasteiger charge is -2.38. The molecule has 0 bridgehead atoms. The van der Waals surface area contributed by atoms with Gasteiger partial charge in [-0.2, -0.15) is 9.97 Å². The molecule has 0 unspecified atom stereocenters. The highest BCUT2D eigenvalue weighted by Gasteiger charge is 2.34. The number of hydrogen-bond donors (Lipinski definition) is 2. The van der Waals surface area contributed by atoms with Crippen LogP contribution in [0.3, 0.4) is 0 Å². The second-order valence-corrected chi connectivity index (χ2v) is 12.1. The van der Waals surface area contributed by atoms with Crippen molar-refractivity contribution >= 4 is 34.9 Å². The maximum atomic E-state index is 5.80. The van der Waals surface area contributed by atoms with Gasteiger partial charge in [0.25, 0.3) is 0 Å². The van der Waals surface area contributed by atoms with E-state index in [4.69, 9.17) is 26.9 Å². The molecule has 3 fully saturated rings. The van der Waals surface area contributed by atoms with Gasteiger partial charge in [0.2, 0.25) is 5.95 Å². The summed E-state index contributed by atoms with van der Waals surface area (Å²) < 4.78 is 5.71. The van der Waals surface area contributed by atoms with Crippen molar-refractivity contribution in [1.29, 1.82) is 0 Å². The minimum Gasteiger partial charge on any atom is -0.381 e. The van der Waals surface area contributed by atoms with Crippen LogP contribution in [0.4, 0.5) is 17.6 Å².